The number of aromatic nitrogens is 2. The fourth-order valence-corrected chi connectivity index (χ4v) is 3.54. The number of aliphatic hydroxyl groups excluding tert-OH is 1. The zero-order chi connectivity index (χ0) is 14.5. The lowest BCUT2D eigenvalue weighted by atomic mass is 10.3. The quantitative estimate of drug-likeness (QED) is 0.749. The second kappa shape index (κ2) is 6.72. The molecular formula is C16H14N2OS2. The Hall–Kier alpha value is -1.87. The molecule has 0 bridgehead atoms. The Labute approximate surface area is 131 Å². The number of rotatable bonds is 4. The van der Waals surface area contributed by atoms with Crippen LogP contribution in [-0.4, -0.2) is 21.3 Å². The molecule has 106 valence electrons. The van der Waals surface area contributed by atoms with E-state index in [-0.39, 0.29) is 6.61 Å². The summed E-state index contributed by atoms with van der Waals surface area (Å²) in [6, 6.07) is 6.23. The van der Waals surface area contributed by atoms with E-state index in [0.717, 1.165) is 17.9 Å². The molecule has 0 atom stereocenters. The molecule has 0 aliphatic heterocycles. The highest BCUT2D eigenvalue weighted by Crippen LogP contribution is 2.24. The highest BCUT2D eigenvalue weighted by molar-refractivity contribution is 7.13. The third kappa shape index (κ3) is 3.42. The predicted octanol–water partition coefficient (Wildman–Crippen LogP) is 3.46. The minimum absolute atomic E-state index is 0.114. The molecule has 0 saturated carbocycles. The van der Waals surface area contributed by atoms with Crippen LogP contribution in [0.15, 0.2) is 41.4 Å². The molecule has 3 rings (SSSR count). The van der Waals surface area contributed by atoms with Gasteiger partial charge in [-0.3, -0.25) is 0 Å². The summed E-state index contributed by atoms with van der Waals surface area (Å²) in [4.78, 5) is 6.87. The van der Waals surface area contributed by atoms with E-state index in [1.807, 2.05) is 18.5 Å². The number of thiophene rings is 2. The lowest BCUT2D eigenvalue weighted by molar-refractivity contribution is 0.305. The van der Waals surface area contributed by atoms with Crippen LogP contribution in [0.1, 0.15) is 16.9 Å². The van der Waals surface area contributed by atoms with E-state index in [0.29, 0.717) is 6.42 Å². The lowest BCUT2D eigenvalue weighted by Crippen LogP contribution is -1.98. The molecule has 1 N–H and O–H groups in total. The first-order valence-electron chi connectivity index (χ1n) is 6.59. The first-order chi connectivity index (χ1) is 10.4. The molecule has 0 spiro atoms. The first-order valence-corrected chi connectivity index (χ1v) is 8.35. The van der Waals surface area contributed by atoms with Crippen molar-refractivity contribution >= 4 is 22.7 Å². The molecule has 3 aromatic heterocycles. The van der Waals surface area contributed by atoms with Crippen molar-refractivity contribution in [3.05, 3.63) is 51.8 Å². The first kappa shape index (κ1) is 14.1. The Balaban J connectivity index is 1.76. The summed E-state index contributed by atoms with van der Waals surface area (Å²) in [5.74, 6) is 7.02. The molecule has 3 aromatic rings. The van der Waals surface area contributed by atoms with Gasteiger partial charge in [0.25, 0.3) is 0 Å². The van der Waals surface area contributed by atoms with Crippen molar-refractivity contribution in [3.63, 3.8) is 0 Å². The van der Waals surface area contributed by atoms with Gasteiger partial charge in [-0.25, -0.2) is 4.98 Å². The molecular weight excluding hydrogens is 300 g/mol. The van der Waals surface area contributed by atoms with E-state index in [9.17, 15) is 0 Å². The van der Waals surface area contributed by atoms with E-state index >= 15 is 0 Å². The highest BCUT2D eigenvalue weighted by Gasteiger charge is 2.08. The SMILES string of the molecule is OCCC#Cc1csc(Cn2ccnc2-c2cccs2)c1. The van der Waals surface area contributed by atoms with Gasteiger partial charge in [0.1, 0.15) is 5.82 Å². The van der Waals surface area contributed by atoms with E-state index in [2.05, 4.69) is 44.3 Å². The molecule has 0 fully saturated rings. The summed E-state index contributed by atoms with van der Waals surface area (Å²) in [6.07, 6.45) is 4.37. The van der Waals surface area contributed by atoms with Crippen molar-refractivity contribution < 1.29 is 5.11 Å². The minimum atomic E-state index is 0.114. The molecule has 3 heterocycles. The van der Waals surface area contributed by atoms with Gasteiger partial charge in [-0.15, -0.1) is 22.7 Å². The number of hydrogen-bond acceptors (Lipinski definition) is 4. The fraction of sp³-hybridized carbons (Fsp3) is 0.188. The van der Waals surface area contributed by atoms with Crippen molar-refractivity contribution in [1.82, 2.24) is 9.55 Å². The molecule has 0 radical (unpaired) electrons. The molecule has 0 amide bonds. The Morgan fingerprint density at radius 3 is 3.10 bits per heavy atom. The molecule has 0 unspecified atom stereocenters. The van der Waals surface area contributed by atoms with Gasteiger partial charge in [0.2, 0.25) is 0 Å². The van der Waals surface area contributed by atoms with Crippen LogP contribution in [0.25, 0.3) is 10.7 Å². The summed E-state index contributed by atoms with van der Waals surface area (Å²) >= 11 is 3.40. The molecule has 3 nitrogen and oxygen atoms in total. The topological polar surface area (TPSA) is 38.0 Å². The van der Waals surface area contributed by atoms with Crippen LogP contribution in [0.4, 0.5) is 0 Å². The van der Waals surface area contributed by atoms with E-state index < -0.39 is 0 Å². The second-order valence-corrected chi connectivity index (χ2v) is 6.38. The van der Waals surface area contributed by atoms with Crippen molar-refractivity contribution in [2.24, 2.45) is 0 Å². The van der Waals surface area contributed by atoms with Gasteiger partial charge in [-0.05, 0) is 17.5 Å². The summed E-state index contributed by atoms with van der Waals surface area (Å²) < 4.78 is 2.16. The molecule has 0 aliphatic rings. The average Bonchev–Trinajstić information content (AvgIpc) is 3.20. The van der Waals surface area contributed by atoms with Gasteiger partial charge in [-0.1, -0.05) is 17.9 Å². The van der Waals surface area contributed by atoms with Crippen LogP contribution >= 0.6 is 22.7 Å². The van der Waals surface area contributed by atoms with Crippen LogP contribution in [0.5, 0.6) is 0 Å². The summed E-state index contributed by atoms with van der Waals surface area (Å²) in [5.41, 5.74) is 1.02. The molecule has 0 aromatic carbocycles. The second-order valence-electron chi connectivity index (χ2n) is 4.43. The largest absolute Gasteiger partial charge is 0.395 e. The van der Waals surface area contributed by atoms with Crippen LogP contribution in [0.2, 0.25) is 0 Å². The van der Waals surface area contributed by atoms with Crippen molar-refractivity contribution in [3.8, 4) is 22.5 Å². The summed E-state index contributed by atoms with van der Waals surface area (Å²) in [6.45, 7) is 0.919. The zero-order valence-corrected chi connectivity index (χ0v) is 13.0. The maximum absolute atomic E-state index is 8.73. The van der Waals surface area contributed by atoms with Crippen molar-refractivity contribution in [2.75, 3.05) is 6.61 Å². The van der Waals surface area contributed by atoms with Gasteiger partial charge in [-0.2, -0.15) is 0 Å². The van der Waals surface area contributed by atoms with E-state index in [1.165, 1.54) is 9.75 Å². The van der Waals surface area contributed by atoms with Gasteiger partial charge < -0.3 is 9.67 Å². The van der Waals surface area contributed by atoms with Crippen LogP contribution in [0.3, 0.4) is 0 Å². The molecule has 0 aliphatic carbocycles. The van der Waals surface area contributed by atoms with Crippen LogP contribution in [0, 0.1) is 11.8 Å². The third-order valence-electron chi connectivity index (χ3n) is 2.91. The Bertz CT molecular complexity index is 760. The molecule has 0 saturated heterocycles. The predicted molar refractivity (Wildman–Crippen MR) is 87.5 cm³/mol. The Morgan fingerprint density at radius 2 is 2.29 bits per heavy atom. The van der Waals surface area contributed by atoms with Crippen LogP contribution < -0.4 is 0 Å². The van der Waals surface area contributed by atoms with Gasteiger partial charge in [0, 0.05) is 34.6 Å². The molecule has 5 heteroatoms. The normalized spacial score (nSPS) is 10.3. The third-order valence-corrected chi connectivity index (χ3v) is 4.69. The fourth-order valence-electron chi connectivity index (χ4n) is 1.99. The Morgan fingerprint density at radius 1 is 1.33 bits per heavy atom. The lowest BCUT2D eigenvalue weighted by Gasteiger charge is -2.04. The number of nitrogens with zero attached hydrogens (tertiary/aromatic N) is 2. The Kier molecular flexibility index (Phi) is 4.51. The number of imidazole rings is 1. The zero-order valence-electron chi connectivity index (χ0n) is 11.3. The maximum Gasteiger partial charge on any atom is 0.150 e. The van der Waals surface area contributed by atoms with Gasteiger partial charge >= 0.3 is 0 Å². The van der Waals surface area contributed by atoms with Crippen molar-refractivity contribution in [1.29, 1.82) is 0 Å². The summed E-state index contributed by atoms with van der Waals surface area (Å²) in [5, 5.41) is 12.9. The monoisotopic (exact) mass is 314 g/mol. The standard InChI is InChI=1S/C16H14N2OS2/c19-8-2-1-4-13-10-14(21-12-13)11-18-7-6-17-16(18)15-5-3-9-20-15/h3,5-7,9-10,12,19H,2,8,11H2. The van der Waals surface area contributed by atoms with Crippen LogP contribution in [-0.2, 0) is 6.54 Å². The van der Waals surface area contributed by atoms with E-state index in [4.69, 9.17) is 5.11 Å². The number of hydrogen-bond donors (Lipinski definition) is 1. The average molecular weight is 314 g/mol. The summed E-state index contributed by atoms with van der Waals surface area (Å²) in [7, 11) is 0. The smallest absolute Gasteiger partial charge is 0.150 e. The highest BCUT2D eigenvalue weighted by atomic mass is 32.1. The van der Waals surface area contributed by atoms with Gasteiger partial charge in [0.05, 0.1) is 18.0 Å². The number of aliphatic hydroxyl groups is 1. The van der Waals surface area contributed by atoms with Gasteiger partial charge in [0.15, 0.2) is 0 Å². The van der Waals surface area contributed by atoms with Crippen molar-refractivity contribution in [2.45, 2.75) is 13.0 Å². The van der Waals surface area contributed by atoms with E-state index in [1.54, 1.807) is 22.7 Å². The maximum atomic E-state index is 8.73. The minimum Gasteiger partial charge on any atom is -0.395 e. The molecule has 21 heavy (non-hydrogen) atoms.